The molecule has 0 spiro atoms. The third-order valence-electron chi connectivity index (χ3n) is 9.49. The van der Waals surface area contributed by atoms with E-state index in [0.717, 1.165) is 64.2 Å². The van der Waals surface area contributed by atoms with Gasteiger partial charge in [0.15, 0.2) is 6.10 Å². The largest absolute Gasteiger partial charge is 0.462 e. The number of hydrogen-bond acceptors (Lipinski definition) is 6. The first kappa shape index (κ1) is 54.3. The summed E-state index contributed by atoms with van der Waals surface area (Å²) in [6.07, 6.45) is 60.0. The van der Waals surface area contributed by atoms with E-state index in [1.165, 1.54) is 83.5 Å². The molecule has 0 saturated heterocycles. The SMILES string of the molecule is CC\C=C/C=C\C=C/C=C\C=C/CCCCCC(=O)OC(COC(=O)C/C=C\C/C=C\C/C=C\CC)COC(=O)CCCCCCCCCCCCCCCCCC. The van der Waals surface area contributed by atoms with E-state index in [4.69, 9.17) is 14.2 Å². The van der Waals surface area contributed by atoms with Gasteiger partial charge in [-0.15, -0.1) is 0 Å². The fraction of sp³-hybridized carbons (Fsp3) is 0.635. The maximum Gasteiger partial charge on any atom is 0.309 e. The van der Waals surface area contributed by atoms with Crippen LogP contribution < -0.4 is 0 Å². The van der Waals surface area contributed by atoms with E-state index in [9.17, 15) is 14.4 Å². The molecule has 328 valence electrons. The first-order valence-corrected chi connectivity index (χ1v) is 23.3. The molecule has 1 unspecified atom stereocenters. The molecule has 0 N–H and O–H groups in total. The Hall–Kier alpha value is -3.67. The Morgan fingerprint density at radius 2 is 0.810 bits per heavy atom. The van der Waals surface area contributed by atoms with E-state index < -0.39 is 12.1 Å². The molecular formula is C52H84O6. The predicted molar refractivity (Wildman–Crippen MR) is 247 cm³/mol. The number of carbonyl (C=O) groups is 3. The van der Waals surface area contributed by atoms with Crippen molar-refractivity contribution in [2.45, 2.75) is 200 Å². The molecule has 0 saturated carbocycles. The summed E-state index contributed by atoms with van der Waals surface area (Å²) in [6, 6.07) is 0. The van der Waals surface area contributed by atoms with E-state index in [1.807, 2.05) is 54.7 Å². The molecule has 58 heavy (non-hydrogen) atoms. The van der Waals surface area contributed by atoms with Gasteiger partial charge in [0.2, 0.25) is 0 Å². The molecular weight excluding hydrogens is 721 g/mol. The predicted octanol–water partition coefficient (Wildman–Crippen LogP) is 15.0. The van der Waals surface area contributed by atoms with E-state index in [1.54, 1.807) is 6.08 Å². The summed E-state index contributed by atoms with van der Waals surface area (Å²) >= 11 is 0. The zero-order valence-corrected chi connectivity index (χ0v) is 37.3. The molecule has 0 amide bonds. The standard InChI is InChI=1S/C52H84O6/c1-4-7-10-13-16-19-21-23-25-27-28-30-33-36-39-42-45-51(54)57-48-49(47-56-50(53)44-41-38-35-32-18-15-12-9-6-3)58-52(55)46-43-40-37-34-31-29-26-24-22-20-17-14-11-8-5-2/h8-9,11-12,14,17-18,20,22,24,26,29,31-32,38,41,49H,4-7,10,13,15-16,19,21,23,25,27-28,30,33-37,39-40,42-48H2,1-3H3/b11-8-,12-9-,17-14-,22-20-,26-24-,31-29-,32-18-,41-38-. The van der Waals surface area contributed by atoms with Crippen LogP contribution >= 0.6 is 0 Å². The van der Waals surface area contributed by atoms with Crippen molar-refractivity contribution in [2.24, 2.45) is 0 Å². The van der Waals surface area contributed by atoms with E-state index in [2.05, 4.69) is 57.2 Å². The fourth-order valence-corrected chi connectivity index (χ4v) is 6.05. The lowest BCUT2D eigenvalue weighted by Gasteiger charge is -2.18. The number of allylic oxidation sites excluding steroid dienone is 15. The normalized spacial score (nSPS) is 12.9. The lowest BCUT2D eigenvalue weighted by atomic mass is 10.0. The van der Waals surface area contributed by atoms with Crippen LogP contribution in [0.15, 0.2) is 97.2 Å². The molecule has 0 fully saturated rings. The molecule has 1 atom stereocenters. The molecule has 0 aromatic heterocycles. The van der Waals surface area contributed by atoms with Gasteiger partial charge in [-0.2, -0.15) is 0 Å². The Bertz CT molecular complexity index is 1200. The zero-order chi connectivity index (χ0) is 42.3. The van der Waals surface area contributed by atoms with Crippen molar-refractivity contribution in [2.75, 3.05) is 13.2 Å². The maximum absolute atomic E-state index is 12.7. The van der Waals surface area contributed by atoms with Gasteiger partial charge in [-0.1, -0.05) is 221 Å². The smallest absolute Gasteiger partial charge is 0.309 e. The Labute approximate surface area is 356 Å². The van der Waals surface area contributed by atoms with Crippen LogP contribution in [0.2, 0.25) is 0 Å². The summed E-state index contributed by atoms with van der Waals surface area (Å²) in [5.74, 6) is -1.10. The second kappa shape index (κ2) is 46.0. The van der Waals surface area contributed by atoms with Crippen molar-refractivity contribution < 1.29 is 28.6 Å². The monoisotopic (exact) mass is 805 g/mol. The number of carbonyl (C=O) groups excluding carboxylic acids is 3. The van der Waals surface area contributed by atoms with Crippen LogP contribution in [0.25, 0.3) is 0 Å². The van der Waals surface area contributed by atoms with Gasteiger partial charge in [0.05, 0.1) is 6.42 Å². The molecule has 6 nitrogen and oxygen atoms in total. The second-order valence-electron chi connectivity index (χ2n) is 15.0. The summed E-state index contributed by atoms with van der Waals surface area (Å²) in [5.41, 5.74) is 0. The number of unbranched alkanes of at least 4 members (excludes halogenated alkanes) is 18. The Balaban J connectivity index is 4.48. The first-order chi connectivity index (χ1) is 28.5. The Morgan fingerprint density at radius 1 is 0.397 bits per heavy atom. The average molecular weight is 805 g/mol. The van der Waals surface area contributed by atoms with Crippen LogP contribution in [0.5, 0.6) is 0 Å². The number of rotatable bonds is 40. The lowest BCUT2D eigenvalue weighted by molar-refractivity contribution is -0.166. The minimum absolute atomic E-state index is 0.122. The molecule has 0 radical (unpaired) electrons. The molecule has 0 aromatic rings. The summed E-state index contributed by atoms with van der Waals surface area (Å²) in [5, 5.41) is 0. The van der Waals surface area contributed by atoms with Crippen LogP contribution in [0.3, 0.4) is 0 Å². The molecule has 0 bridgehead atoms. The van der Waals surface area contributed by atoms with Crippen LogP contribution in [-0.4, -0.2) is 37.2 Å². The van der Waals surface area contributed by atoms with Gasteiger partial charge in [0, 0.05) is 12.8 Å². The van der Waals surface area contributed by atoms with Gasteiger partial charge in [-0.3, -0.25) is 14.4 Å². The Morgan fingerprint density at radius 3 is 1.34 bits per heavy atom. The molecule has 0 aliphatic rings. The van der Waals surface area contributed by atoms with Gasteiger partial charge < -0.3 is 14.2 Å². The molecule has 0 rings (SSSR count). The van der Waals surface area contributed by atoms with E-state index in [-0.39, 0.29) is 38.0 Å². The third-order valence-corrected chi connectivity index (χ3v) is 9.49. The highest BCUT2D eigenvalue weighted by molar-refractivity contribution is 5.72. The minimum Gasteiger partial charge on any atom is -0.462 e. The second-order valence-corrected chi connectivity index (χ2v) is 15.0. The van der Waals surface area contributed by atoms with Crippen LogP contribution in [0.4, 0.5) is 0 Å². The minimum atomic E-state index is -0.832. The molecule has 0 aliphatic heterocycles. The topological polar surface area (TPSA) is 78.9 Å². The average Bonchev–Trinajstić information content (AvgIpc) is 3.22. The van der Waals surface area contributed by atoms with Crippen LogP contribution in [0, 0.1) is 0 Å². The van der Waals surface area contributed by atoms with Gasteiger partial charge in [0.1, 0.15) is 13.2 Å². The van der Waals surface area contributed by atoms with Gasteiger partial charge >= 0.3 is 17.9 Å². The highest BCUT2D eigenvalue weighted by Gasteiger charge is 2.19. The molecule has 6 heteroatoms. The quantitative estimate of drug-likeness (QED) is 0.0202. The molecule has 0 aliphatic carbocycles. The molecule has 0 heterocycles. The van der Waals surface area contributed by atoms with E-state index >= 15 is 0 Å². The summed E-state index contributed by atoms with van der Waals surface area (Å²) in [7, 11) is 0. The maximum atomic E-state index is 12.7. The van der Waals surface area contributed by atoms with Crippen molar-refractivity contribution in [1.82, 2.24) is 0 Å². The van der Waals surface area contributed by atoms with Crippen LogP contribution in [-0.2, 0) is 28.6 Å². The van der Waals surface area contributed by atoms with Crippen LogP contribution in [0.1, 0.15) is 194 Å². The summed E-state index contributed by atoms with van der Waals surface area (Å²) < 4.78 is 16.6. The number of ether oxygens (including phenoxy) is 3. The van der Waals surface area contributed by atoms with Crippen molar-refractivity contribution in [3.05, 3.63) is 97.2 Å². The highest BCUT2D eigenvalue weighted by atomic mass is 16.6. The number of esters is 3. The van der Waals surface area contributed by atoms with Gasteiger partial charge in [-0.05, 0) is 51.4 Å². The number of hydrogen-bond donors (Lipinski definition) is 0. The third kappa shape index (κ3) is 43.5. The van der Waals surface area contributed by atoms with Gasteiger partial charge in [0.25, 0.3) is 0 Å². The van der Waals surface area contributed by atoms with Crippen molar-refractivity contribution >= 4 is 17.9 Å². The highest BCUT2D eigenvalue weighted by Crippen LogP contribution is 2.15. The van der Waals surface area contributed by atoms with Crippen molar-refractivity contribution in [1.29, 1.82) is 0 Å². The van der Waals surface area contributed by atoms with Crippen molar-refractivity contribution in [3.8, 4) is 0 Å². The lowest BCUT2D eigenvalue weighted by Crippen LogP contribution is -2.30. The summed E-state index contributed by atoms with van der Waals surface area (Å²) in [4.78, 5) is 37.7. The Kier molecular flexibility index (Phi) is 43.1. The van der Waals surface area contributed by atoms with Gasteiger partial charge in [-0.25, -0.2) is 0 Å². The summed E-state index contributed by atoms with van der Waals surface area (Å²) in [6.45, 7) is 6.23. The molecule has 0 aromatic carbocycles. The fourth-order valence-electron chi connectivity index (χ4n) is 6.05. The zero-order valence-electron chi connectivity index (χ0n) is 37.3. The van der Waals surface area contributed by atoms with E-state index in [0.29, 0.717) is 12.8 Å². The first-order valence-electron chi connectivity index (χ1n) is 23.3. The van der Waals surface area contributed by atoms with Crippen molar-refractivity contribution in [3.63, 3.8) is 0 Å².